The normalized spacial score (nSPS) is 10.8. The Morgan fingerprint density at radius 1 is 1.45 bits per heavy atom. The summed E-state index contributed by atoms with van der Waals surface area (Å²) in [5.41, 5.74) is 8.36. The van der Waals surface area contributed by atoms with Crippen LogP contribution in [-0.4, -0.2) is 16.9 Å². The number of hydrogen-bond acceptors (Lipinski definition) is 4. The Balaban J connectivity index is 2.21. The first-order valence-corrected chi connectivity index (χ1v) is 7.71. The third-order valence-electron chi connectivity index (χ3n) is 3.00. The van der Waals surface area contributed by atoms with Gasteiger partial charge in [-0.2, -0.15) is 5.10 Å². The van der Waals surface area contributed by atoms with Crippen molar-refractivity contribution in [2.24, 2.45) is 0 Å². The zero-order valence-electron chi connectivity index (χ0n) is 11.8. The highest BCUT2D eigenvalue weighted by molar-refractivity contribution is 7.98. The Hall–Kier alpha value is -1.33. The molecule has 0 aliphatic carbocycles. The van der Waals surface area contributed by atoms with Gasteiger partial charge in [-0.1, -0.05) is 11.6 Å². The van der Waals surface area contributed by atoms with Crippen molar-refractivity contribution in [1.82, 2.24) is 9.78 Å². The molecule has 6 heteroatoms. The smallest absolute Gasteiger partial charge is 0.134 e. The first kappa shape index (κ1) is 15.1. The van der Waals surface area contributed by atoms with Gasteiger partial charge < -0.3 is 10.5 Å². The molecule has 0 aliphatic heterocycles. The average molecular weight is 312 g/mol. The van der Waals surface area contributed by atoms with Crippen LogP contribution in [0.5, 0.6) is 5.75 Å². The summed E-state index contributed by atoms with van der Waals surface area (Å²) in [7, 11) is 1.65. The van der Waals surface area contributed by atoms with Gasteiger partial charge in [-0.15, -0.1) is 11.8 Å². The summed E-state index contributed by atoms with van der Waals surface area (Å²) in [5, 5.41) is 5.16. The number of benzene rings is 1. The lowest BCUT2D eigenvalue weighted by Gasteiger charge is -2.10. The van der Waals surface area contributed by atoms with Gasteiger partial charge in [0.15, 0.2) is 0 Å². The fraction of sp³-hybridized carbons (Fsp3) is 0.357. The molecule has 0 saturated carbocycles. The van der Waals surface area contributed by atoms with E-state index in [4.69, 9.17) is 22.1 Å². The van der Waals surface area contributed by atoms with E-state index in [1.54, 1.807) is 18.9 Å². The third-order valence-corrected chi connectivity index (χ3v) is 4.56. The highest BCUT2D eigenvalue weighted by Gasteiger charge is 2.14. The molecule has 1 aromatic carbocycles. The second-order valence-electron chi connectivity index (χ2n) is 4.36. The first-order chi connectivity index (χ1) is 9.56. The number of nitrogen functional groups attached to an aromatic ring is 1. The molecular weight excluding hydrogens is 294 g/mol. The van der Waals surface area contributed by atoms with Crippen LogP contribution in [0.15, 0.2) is 23.1 Å². The van der Waals surface area contributed by atoms with E-state index < -0.39 is 0 Å². The molecule has 1 aromatic heterocycles. The fourth-order valence-electron chi connectivity index (χ4n) is 1.96. The number of methoxy groups -OCH3 is 1. The molecule has 20 heavy (non-hydrogen) atoms. The molecule has 0 spiro atoms. The average Bonchev–Trinajstić information content (AvgIpc) is 2.72. The minimum absolute atomic E-state index is 0.693. The van der Waals surface area contributed by atoms with Crippen LogP contribution in [0.1, 0.15) is 18.3 Å². The lowest BCUT2D eigenvalue weighted by molar-refractivity contribution is 0.405. The van der Waals surface area contributed by atoms with Crippen molar-refractivity contribution >= 4 is 29.1 Å². The minimum Gasteiger partial charge on any atom is -0.496 e. The Morgan fingerprint density at radius 2 is 2.20 bits per heavy atom. The summed E-state index contributed by atoms with van der Waals surface area (Å²) >= 11 is 7.97. The van der Waals surface area contributed by atoms with Gasteiger partial charge in [0.05, 0.1) is 23.5 Å². The zero-order valence-corrected chi connectivity index (χ0v) is 13.4. The van der Waals surface area contributed by atoms with Crippen LogP contribution < -0.4 is 10.5 Å². The molecule has 0 amide bonds. The second-order valence-corrected chi connectivity index (χ2v) is 5.76. The monoisotopic (exact) mass is 311 g/mol. The Morgan fingerprint density at radius 3 is 2.85 bits per heavy atom. The molecule has 108 valence electrons. The minimum atomic E-state index is 0.693. The summed E-state index contributed by atoms with van der Waals surface area (Å²) in [6, 6.07) is 5.66. The van der Waals surface area contributed by atoms with Gasteiger partial charge in [0.25, 0.3) is 0 Å². The number of thioether (sulfide) groups is 1. The quantitative estimate of drug-likeness (QED) is 0.675. The van der Waals surface area contributed by atoms with Crippen molar-refractivity contribution in [3.8, 4) is 5.75 Å². The van der Waals surface area contributed by atoms with E-state index >= 15 is 0 Å². The van der Waals surface area contributed by atoms with Gasteiger partial charge in [-0.3, -0.25) is 4.68 Å². The van der Waals surface area contributed by atoms with Crippen LogP contribution in [0.4, 0.5) is 5.69 Å². The number of nitrogens with two attached hydrogens (primary N) is 1. The predicted octanol–water partition coefficient (Wildman–Crippen LogP) is 3.75. The summed E-state index contributed by atoms with van der Waals surface area (Å²) in [6.45, 7) is 4.79. The van der Waals surface area contributed by atoms with Crippen molar-refractivity contribution in [2.45, 2.75) is 31.0 Å². The fourth-order valence-corrected chi connectivity index (χ4v) is 3.27. The molecule has 0 aliphatic rings. The molecule has 2 N–H and O–H groups in total. The first-order valence-electron chi connectivity index (χ1n) is 6.34. The molecule has 0 radical (unpaired) electrons. The SMILES string of the molecule is CCn1nc(C)c(Cl)c1CSc1ccc(N)cc1OC. The molecule has 0 fully saturated rings. The van der Waals surface area contributed by atoms with Gasteiger partial charge in [-0.05, 0) is 26.0 Å². The second kappa shape index (κ2) is 6.41. The van der Waals surface area contributed by atoms with E-state index in [1.165, 1.54) is 0 Å². The van der Waals surface area contributed by atoms with E-state index in [9.17, 15) is 0 Å². The van der Waals surface area contributed by atoms with Gasteiger partial charge in [-0.25, -0.2) is 0 Å². The molecular formula is C14H18ClN3OS. The lowest BCUT2D eigenvalue weighted by atomic mass is 10.3. The maximum absolute atomic E-state index is 6.31. The Labute approximate surface area is 128 Å². The number of aryl methyl sites for hydroxylation is 2. The number of halogens is 1. The van der Waals surface area contributed by atoms with Gasteiger partial charge in [0.1, 0.15) is 5.75 Å². The van der Waals surface area contributed by atoms with Crippen LogP contribution in [0.25, 0.3) is 0 Å². The van der Waals surface area contributed by atoms with Crippen LogP contribution in [0.3, 0.4) is 0 Å². The molecule has 0 saturated heterocycles. The third kappa shape index (κ3) is 3.04. The molecule has 2 aromatic rings. The lowest BCUT2D eigenvalue weighted by Crippen LogP contribution is -2.01. The molecule has 4 nitrogen and oxygen atoms in total. The number of ether oxygens (including phenoxy) is 1. The van der Waals surface area contributed by atoms with E-state index in [2.05, 4.69) is 12.0 Å². The molecule has 0 bridgehead atoms. The van der Waals surface area contributed by atoms with Crippen molar-refractivity contribution < 1.29 is 4.74 Å². The molecule has 2 rings (SSSR count). The largest absolute Gasteiger partial charge is 0.496 e. The van der Waals surface area contributed by atoms with Gasteiger partial charge >= 0.3 is 0 Å². The van der Waals surface area contributed by atoms with E-state index in [1.807, 2.05) is 29.8 Å². The predicted molar refractivity (Wildman–Crippen MR) is 84.6 cm³/mol. The Kier molecular flexibility index (Phi) is 4.83. The van der Waals surface area contributed by atoms with Crippen LogP contribution in [0, 0.1) is 6.92 Å². The molecule has 0 atom stereocenters. The number of hydrogen-bond donors (Lipinski definition) is 1. The number of aromatic nitrogens is 2. The number of nitrogens with zero attached hydrogens (tertiary/aromatic N) is 2. The summed E-state index contributed by atoms with van der Waals surface area (Å²) in [6.07, 6.45) is 0. The van der Waals surface area contributed by atoms with E-state index in [0.717, 1.165) is 39.4 Å². The Bertz CT molecular complexity index is 613. The van der Waals surface area contributed by atoms with Crippen LogP contribution in [0.2, 0.25) is 5.02 Å². The van der Waals surface area contributed by atoms with Crippen LogP contribution >= 0.6 is 23.4 Å². The van der Waals surface area contributed by atoms with E-state index in [-0.39, 0.29) is 0 Å². The summed E-state index contributed by atoms with van der Waals surface area (Å²) in [5.74, 6) is 1.53. The standard InChI is InChI=1S/C14H18ClN3OS/c1-4-18-11(14(15)9(2)17-18)8-20-13-6-5-10(16)7-12(13)19-3/h5-7H,4,8,16H2,1-3H3. The van der Waals surface area contributed by atoms with Crippen molar-refractivity contribution in [3.63, 3.8) is 0 Å². The van der Waals surface area contributed by atoms with Gasteiger partial charge in [0, 0.05) is 28.9 Å². The van der Waals surface area contributed by atoms with Crippen LogP contribution in [-0.2, 0) is 12.3 Å². The maximum Gasteiger partial charge on any atom is 0.134 e. The summed E-state index contributed by atoms with van der Waals surface area (Å²) in [4.78, 5) is 1.04. The molecule has 1 heterocycles. The van der Waals surface area contributed by atoms with Crippen molar-refractivity contribution in [2.75, 3.05) is 12.8 Å². The molecule has 0 unspecified atom stereocenters. The van der Waals surface area contributed by atoms with Crippen molar-refractivity contribution in [1.29, 1.82) is 0 Å². The number of rotatable bonds is 5. The highest BCUT2D eigenvalue weighted by atomic mass is 35.5. The zero-order chi connectivity index (χ0) is 14.7. The van der Waals surface area contributed by atoms with Gasteiger partial charge in [0.2, 0.25) is 0 Å². The highest BCUT2D eigenvalue weighted by Crippen LogP contribution is 2.35. The number of anilines is 1. The summed E-state index contributed by atoms with van der Waals surface area (Å²) < 4.78 is 7.29. The van der Waals surface area contributed by atoms with Crippen molar-refractivity contribution in [3.05, 3.63) is 34.6 Å². The maximum atomic E-state index is 6.31. The van der Waals surface area contributed by atoms with E-state index in [0.29, 0.717) is 5.69 Å². The topological polar surface area (TPSA) is 53.1 Å².